The summed E-state index contributed by atoms with van der Waals surface area (Å²) < 4.78 is 29.3. The zero-order chi connectivity index (χ0) is 22.4. The van der Waals surface area contributed by atoms with Gasteiger partial charge in [-0.1, -0.05) is 6.07 Å². The Morgan fingerprint density at radius 2 is 2.03 bits per heavy atom. The quantitative estimate of drug-likeness (QED) is 0.498. The molecule has 31 heavy (non-hydrogen) atoms. The molecule has 10 nitrogen and oxygen atoms in total. The van der Waals surface area contributed by atoms with Crippen LogP contribution in [0.1, 0.15) is 44.0 Å². The van der Waals surface area contributed by atoms with Crippen molar-refractivity contribution in [1.29, 1.82) is 0 Å². The highest BCUT2D eigenvalue weighted by Crippen LogP contribution is 2.38. The number of nitrogen functional groups attached to an aromatic ring is 1. The summed E-state index contributed by atoms with van der Waals surface area (Å²) >= 11 is 0. The predicted molar refractivity (Wildman–Crippen MR) is 115 cm³/mol. The zero-order valence-corrected chi connectivity index (χ0v) is 18.4. The fourth-order valence-corrected chi connectivity index (χ4v) is 4.22. The molecule has 1 aliphatic rings. The van der Waals surface area contributed by atoms with E-state index in [9.17, 15) is 13.5 Å². The second-order valence-electron chi connectivity index (χ2n) is 8.40. The van der Waals surface area contributed by atoms with Crippen LogP contribution in [-0.4, -0.2) is 50.4 Å². The van der Waals surface area contributed by atoms with Gasteiger partial charge in [0.25, 0.3) is 0 Å². The Balaban J connectivity index is 1.70. The van der Waals surface area contributed by atoms with E-state index in [1.807, 2.05) is 6.92 Å². The fraction of sp³-hybridized carbons (Fsp3) is 0.400. The fourth-order valence-electron chi connectivity index (χ4n) is 2.99. The number of nitrogens with two attached hydrogens (primary N) is 1. The third kappa shape index (κ3) is 4.73. The number of aromatic nitrogens is 5. The van der Waals surface area contributed by atoms with Crippen LogP contribution < -0.4 is 10.5 Å². The van der Waals surface area contributed by atoms with Crippen LogP contribution >= 0.6 is 0 Å². The number of hydrogen-bond donors (Lipinski definition) is 3. The smallest absolute Gasteiger partial charge is 0.240 e. The minimum absolute atomic E-state index is 0.0642. The van der Waals surface area contributed by atoms with Crippen LogP contribution in [0.5, 0.6) is 0 Å². The first-order valence-electron chi connectivity index (χ1n) is 9.91. The molecule has 0 amide bonds. The first kappa shape index (κ1) is 21.3. The Morgan fingerprint density at radius 1 is 1.29 bits per heavy atom. The standard InChI is InChI=1S/C20H25N7O3S/c1-12-4-7-14(31(29,30)24-10-20(2,3)28)8-15(12)16-9-22-17(21)19(25-16)27-11-23-18(26-27)13-5-6-13/h4,7-9,11,13,24,28H,5-6,10H2,1-3H3,(H2,21,22). The molecule has 0 spiro atoms. The van der Waals surface area contributed by atoms with Crippen LogP contribution in [0.2, 0.25) is 0 Å². The van der Waals surface area contributed by atoms with Gasteiger partial charge in [0.2, 0.25) is 10.0 Å². The monoisotopic (exact) mass is 443 g/mol. The number of aliphatic hydroxyl groups is 1. The molecule has 0 unspecified atom stereocenters. The molecule has 1 aliphatic carbocycles. The molecule has 11 heteroatoms. The molecule has 2 aromatic heterocycles. The number of nitrogens with zero attached hydrogens (tertiary/aromatic N) is 5. The molecule has 1 fully saturated rings. The SMILES string of the molecule is Cc1ccc(S(=O)(=O)NCC(C)(C)O)cc1-c1cnc(N)c(-n2cnc(C3CC3)n2)n1. The Bertz CT molecular complexity index is 1230. The number of benzene rings is 1. The van der Waals surface area contributed by atoms with Gasteiger partial charge in [-0.15, -0.1) is 5.10 Å². The summed E-state index contributed by atoms with van der Waals surface area (Å²) in [4.78, 5) is 13.2. The number of anilines is 1. The van der Waals surface area contributed by atoms with E-state index in [1.54, 1.807) is 12.4 Å². The van der Waals surface area contributed by atoms with Crippen LogP contribution in [-0.2, 0) is 10.0 Å². The van der Waals surface area contributed by atoms with E-state index < -0.39 is 15.6 Å². The Labute approximate surface area is 180 Å². The molecule has 4 N–H and O–H groups in total. The van der Waals surface area contributed by atoms with Crippen molar-refractivity contribution in [3.8, 4) is 17.1 Å². The highest BCUT2D eigenvalue weighted by atomic mass is 32.2. The summed E-state index contributed by atoms with van der Waals surface area (Å²) in [6.45, 7) is 4.80. The number of aryl methyl sites for hydroxylation is 1. The van der Waals surface area contributed by atoms with E-state index >= 15 is 0 Å². The summed E-state index contributed by atoms with van der Waals surface area (Å²) in [6, 6.07) is 4.74. The average Bonchev–Trinajstić information content (AvgIpc) is 3.44. The third-order valence-electron chi connectivity index (χ3n) is 4.94. The molecule has 2 heterocycles. The lowest BCUT2D eigenvalue weighted by atomic mass is 10.1. The predicted octanol–water partition coefficient (Wildman–Crippen LogP) is 1.54. The molecule has 0 radical (unpaired) electrons. The minimum Gasteiger partial charge on any atom is -0.389 e. The van der Waals surface area contributed by atoms with Gasteiger partial charge in [0.1, 0.15) is 6.33 Å². The van der Waals surface area contributed by atoms with Crippen LogP contribution in [0, 0.1) is 6.92 Å². The highest BCUT2D eigenvalue weighted by molar-refractivity contribution is 7.89. The highest BCUT2D eigenvalue weighted by Gasteiger charge is 2.28. The van der Waals surface area contributed by atoms with E-state index in [2.05, 4.69) is 24.8 Å². The largest absolute Gasteiger partial charge is 0.389 e. The summed E-state index contributed by atoms with van der Waals surface area (Å²) in [7, 11) is -3.82. The van der Waals surface area contributed by atoms with E-state index in [0.29, 0.717) is 23.0 Å². The van der Waals surface area contributed by atoms with Gasteiger partial charge in [0, 0.05) is 18.0 Å². The van der Waals surface area contributed by atoms with Crippen LogP contribution in [0.4, 0.5) is 5.82 Å². The number of hydrogen-bond acceptors (Lipinski definition) is 8. The van der Waals surface area contributed by atoms with Crippen molar-refractivity contribution in [3.63, 3.8) is 0 Å². The van der Waals surface area contributed by atoms with Gasteiger partial charge < -0.3 is 10.8 Å². The lowest BCUT2D eigenvalue weighted by Gasteiger charge is -2.18. The lowest BCUT2D eigenvalue weighted by Crippen LogP contribution is -2.38. The lowest BCUT2D eigenvalue weighted by molar-refractivity contribution is 0.0857. The molecule has 1 aromatic carbocycles. The molecule has 4 rings (SSSR count). The van der Waals surface area contributed by atoms with Crippen molar-refractivity contribution in [2.45, 2.75) is 50.0 Å². The first-order chi connectivity index (χ1) is 14.5. The number of sulfonamides is 1. The maximum Gasteiger partial charge on any atom is 0.240 e. The molecule has 164 valence electrons. The number of rotatable bonds is 7. The average molecular weight is 444 g/mol. The molecular weight excluding hydrogens is 418 g/mol. The van der Waals surface area contributed by atoms with Crippen LogP contribution in [0.25, 0.3) is 17.1 Å². The number of nitrogens with one attached hydrogen (secondary N) is 1. The van der Waals surface area contributed by atoms with Gasteiger partial charge in [-0.25, -0.2) is 28.1 Å². The normalized spacial score (nSPS) is 14.7. The summed E-state index contributed by atoms with van der Waals surface area (Å²) in [5.41, 5.74) is 6.74. The van der Waals surface area contributed by atoms with Gasteiger partial charge >= 0.3 is 0 Å². The van der Waals surface area contributed by atoms with Crippen molar-refractivity contribution >= 4 is 15.8 Å². The Hall–Kier alpha value is -2.89. The molecule has 0 aliphatic heterocycles. The summed E-state index contributed by atoms with van der Waals surface area (Å²) in [5, 5.41) is 14.3. The van der Waals surface area contributed by atoms with E-state index in [0.717, 1.165) is 24.2 Å². The van der Waals surface area contributed by atoms with Crippen LogP contribution in [0.15, 0.2) is 35.6 Å². The second kappa shape index (κ2) is 7.66. The molecule has 3 aromatic rings. The van der Waals surface area contributed by atoms with E-state index in [-0.39, 0.29) is 17.3 Å². The minimum atomic E-state index is -3.82. The van der Waals surface area contributed by atoms with E-state index in [1.165, 1.54) is 36.9 Å². The molecule has 0 saturated heterocycles. The zero-order valence-electron chi connectivity index (χ0n) is 17.6. The summed E-state index contributed by atoms with van der Waals surface area (Å²) in [5.74, 6) is 1.68. The van der Waals surface area contributed by atoms with E-state index in [4.69, 9.17) is 5.73 Å². The topological polar surface area (TPSA) is 149 Å². The summed E-state index contributed by atoms with van der Waals surface area (Å²) in [6.07, 6.45) is 5.22. The molecule has 0 bridgehead atoms. The first-order valence-corrected chi connectivity index (χ1v) is 11.4. The molecular formula is C20H25N7O3S. The van der Waals surface area contributed by atoms with Crippen molar-refractivity contribution in [2.75, 3.05) is 12.3 Å². The Kier molecular flexibility index (Phi) is 5.28. The van der Waals surface area contributed by atoms with Crippen molar-refractivity contribution in [1.82, 2.24) is 29.5 Å². The molecule has 0 atom stereocenters. The second-order valence-corrected chi connectivity index (χ2v) is 10.2. The van der Waals surface area contributed by atoms with Crippen molar-refractivity contribution in [2.24, 2.45) is 0 Å². The van der Waals surface area contributed by atoms with Crippen molar-refractivity contribution < 1.29 is 13.5 Å². The molecule has 1 saturated carbocycles. The van der Waals surface area contributed by atoms with Gasteiger partial charge in [0.15, 0.2) is 17.5 Å². The van der Waals surface area contributed by atoms with Gasteiger partial charge in [-0.05, 0) is 51.3 Å². The van der Waals surface area contributed by atoms with Gasteiger partial charge in [-0.3, -0.25) is 0 Å². The van der Waals surface area contributed by atoms with Gasteiger partial charge in [-0.2, -0.15) is 4.68 Å². The van der Waals surface area contributed by atoms with Crippen LogP contribution in [0.3, 0.4) is 0 Å². The maximum absolute atomic E-state index is 12.7. The van der Waals surface area contributed by atoms with Gasteiger partial charge in [0.05, 0.1) is 22.4 Å². The maximum atomic E-state index is 12.7. The third-order valence-corrected chi connectivity index (χ3v) is 6.34. The Morgan fingerprint density at radius 3 is 2.71 bits per heavy atom. The van der Waals surface area contributed by atoms with Crippen molar-refractivity contribution in [3.05, 3.63) is 42.1 Å².